The van der Waals surface area contributed by atoms with Crippen LogP contribution in [0.1, 0.15) is 15.9 Å². The second-order valence-electron chi connectivity index (χ2n) is 5.26. The van der Waals surface area contributed by atoms with Crippen LogP contribution in [0.2, 0.25) is 5.02 Å². The van der Waals surface area contributed by atoms with Crippen LogP contribution in [-0.4, -0.2) is 29.6 Å². The fourth-order valence-corrected chi connectivity index (χ4v) is 2.55. The molecule has 0 fully saturated rings. The predicted molar refractivity (Wildman–Crippen MR) is 86.5 cm³/mol. The van der Waals surface area contributed by atoms with Gasteiger partial charge in [-0.25, -0.2) is 0 Å². The summed E-state index contributed by atoms with van der Waals surface area (Å²) in [5.41, 5.74) is 0.865. The molecule has 0 bridgehead atoms. The van der Waals surface area contributed by atoms with E-state index in [9.17, 15) is 14.9 Å². The lowest BCUT2D eigenvalue weighted by Crippen LogP contribution is -2.26. The Labute approximate surface area is 142 Å². The summed E-state index contributed by atoms with van der Waals surface area (Å²) in [5, 5.41) is 11.2. The largest absolute Gasteiger partial charge is 0.454 e. The summed E-state index contributed by atoms with van der Waals surface area (Å²) >= 11 is 6.08. The van der Waals surface area contributed by atoms with Crippen LogP contribution < -0.4 is 9.47 Å². The highest BCUT2D eigenvalue weighted by atomic mass is 35.5. The van der Waals surface area contributed by atoms with Crippen molar-refractivity contribution < 1.29 is 19.2 Å². The van der Waals surface area contributed by atoms with E-state index in [1.807, 2.05) is 0 Å². The van der Waals surface area contributed by atoms with Crippen LogP contribution in [0.25, 0.3) is 0 Å². The second kappa shape index (κ2) is 6.37. The third kappa shape index (κ3) is 3.11. The number of fused-ring (bicyclic) bond motifs is 1. The number of nitro benzene ring substituents is 1. The normalized spacial score (nSPS) is 12.1. The summed E-state index contributed by atoms with van der Waals surface area (Å²) in [5.74, 6) is 0.856. The van der Waals surface area contributed by atoms with Crippen molar-refractivity contribution >= 4 is 23.2 Å². The number of amides is 1. The number of hydrogen-bond donors (Lipinski definition) is 0. The molecule has 3 rings (SSSR count). The first-order valence-electron chi connectivity index (χ1n) is 7.03. The Morgan fingerprint density at radius 3 is 2.75 bits per heavy atom. The zero-order valence-electron chi connectivity index (χ0n) is 12.7. The Hall–Kier alpha value is -2.80. The number of hydrogen-bond acceptors (Lipinski definition) is 5. The van der Waals surface area contributed by atoms with Gasteiger partial charge in [0.05, 0.1) is 4.92 Å². The molecule has 1 amide bonds. The smallest absolute Gasteiger partial charge is 0.269 e. The molecule has 0 saturated heterocycles. The number of nitrogens with zero attached hydrogens (tertiary/aromatic N) is 2. The lowest BCUT2D eigenvalue weighted by molar-refractivity contribution is -0.384. The molecule has 7 nitrogen and oxygen atoms in total. The molecule has 2 aromatic carbocycles. The second-order valence-corrected chi connectivity index (χ2v) is 5.67. The molecule has 124 valence electrons. The summed E-state index contributed by atoms with van der Waals surface area (Å²) in [4.78, 5) is 24.3. The molecule has 0 radical (unpaired) electrons. The van der Waals surface area contributed by atoms with E-state index in [0.29, 0.717) is 27.6 Å². The number of carbonyl (C=O) groups excluding carboxylic acids is 1. The van der Waals surface area contributed by atoms with E-state index in [2.05, 4.69) is 0 Å². The fourth-order valence-electron chi connectivity index (χ4n) is 2.37. The summed E-state index contributed by atoms with van der Waals surface area (Å²) in [7, 11) is 1.60. The van der Waals surface area contributed by atoms with E-state index in [0.717, 1.165) is 0 Å². The highest BCUT2D eigenvalue weighted by molar-refractivity contribution is 6.31. The molecule has 0 aliphatic carbocycles. The van der Waals surface area contributed by atoms with Gasteiger partial charge in [-0.05, 0) is 29.8 Å². The zero-order chi connectivity index (χ0) is 17.3. The minimum absolute atomic E-state index is 0.0710. The van der Waals surface area contributed by atoms with Crippen LogP contribution in [-0.2, 0) is 6.54 Å². The molecule has 2 aromatic rings. The fraction of sp³-hybridized carbons (Fsp3) is 0.188. The van der Waals surface area contributed by atoms with Crippen molar-refractivity contribution in [1.82, 2.24) is 4.90 Å². The molecule has 0 aromatic heterocycles. The Bertz CT molecular complexity index is 824. The van der Waals surface area contributed by atoms with Gasteiger partial charge in [-0.1, -0.05) is 11.6 Å². The van der Waals surface area contributed by atoms with Crippen molar-refractivity contribution in [2.24, 2.45) is 0 Å². The lowest BCUT2D eigenvalue weighted by atomic mass is 10.1. The number of halogens is 1. The Morgan fingerprint density at radius 1 is 1.25 bits per heavy atom. The SMILES string of the molecule is CN(Cc1cc([N+](=O)[O-])ccc1Cl)C(=O)c1ccc2c(c1)OCO2. The third-order valence-corrected chi connectivity index (χ3v) is 3.98. The molecule has 0 spiro atoms. The zero-order valence-corrected chi connectivity index (χ0v) is 13.4. The maximum absolute atomic E-state index is 12.5. The molecule has 0 atom stereocenters. The van der Waals surface area contributed by atoms with Gasteiger partial charge in [-0.3, -0.25) is 14.9 Å². The number of ether oxygens (including phenoxy) is 2. The van der Waals surface area contributed by atoms with E-state index in [1.54, 1.807) is 25.2 Å². The maximum atomic E-state index is 12.5. The molecule has 24 heavy (non-hydrogen) atoms. The van der Waals surface area contributed by atoms with Crippen LogP contribution in [0.4, 0.5) is 5.69 Å². The minimum atomic E-state index is -0.501. The molecule has 0 saturated carbocycles. The van der Waals surface area contributed by atoms with E-state index in [1.165, 1.54) is 23.1 Å². The Kier molecular flexibility index (Phi) is 4.26. The third-order valence-electron chi connectivity index (χ3n) is 3.61. The van der Waals surface area contributed by atoms with Crippen molar-refractivity contribution in [2.45, 2.75) is 6.54 Å². The molecule has 1 aliphatic heterocycles. The standard InChI is InChI=1S/C16H13ClN2O5/c1-18(8-11-6-12(19(21)22)3-4-13(11)17)16(20)10-2-5-14-15(7-10)24-9-23-14/h2-7H,8-9H2,1H3. The Balaban J connectivity index is 1.79. The Morgan fingerprint density at radius 2 is 2.00 bits per heavy atom. The van der Waals surface area contributed by atoms with Crippen LogP contribution in [0.5, 0.6) is 11.5 Å². The number of nitro groups is 1. The van der Waals surface area contributed by atoms with Crippen LogP contribution in [0.3, 0.4) is 0 Å². The van der Waals surface area contributed by atoms with Crippen LogP contribution >= 0.6 is 11.6 Å². The van der Waals surface area contributed by atoms with Crippen molar-refractivity contribution in [3.8, 4) is 11.5 Å². The predicted octanol–water partition coefficient (Wildman–Crippen LogP) is 3.25. The lowest BCUT2D eigenvalue weighted by Gasteiger charge is -2.18. The minimum Gasteiger partial charge on any atom is -0.454 e. The van der Waals surface area contributed by atoms with Crippen molar-refractivity contribution in [3.05, 3.63) is 62.7 Å². The van der Waals surface area contributed by atoms with Gasteiger partial charge in [-0.2, -0.15) is 0 Å². The number of carbonyl (C=O) groups is 1. The summed E-state index contributed by atoms with van der Waals surface area (Å²) in [6, 6.07) is 9.06. The first kappa shape index (κ1) is 16.1. The van der Waals surface area contributed by atoms with E-state index < -0.39 is 4.92 Å². The van der Waals surface area contributed by atoms with E-state index in [4.69, 9.17) is 21.1 Å². The van der Waals surface area contributed by atoms with Gasteiger partial charge in [0.1, 0.15) is 0 Å². The first-order chi connectivity index (χ1) is 11.5. The highest BCUT2D eigenvalue weighted by Gasteiger charge is 2.19. The van der Waals surface area contributed by atoms with Gasteiger partial charge in [0, 0.05) is 36.3 Å². The average molecular weight is 349 g/mol. The number of rotatable bonds is 4. The maximum Gasteiger partial charge on any atom is 0.269 e. The number of non-ortho nitro benzene ring substituents is 1. The van der Waals surface area contributed by atoms with Crippen molar-refractivity contribution in [1.29, 1.82) is 0 Å². The quantitative estimate of drug-likeness (QED) is 0.625. The van der Waals surface area contributed by atoms with Gasteiger partial charge >= 0.3 is 0 Å². The van der Waals surface area contributed by atoms with Gasteiger partial charge in [-0.15, -0.1) is 0 Å². The van der Waals surface area contributed by atoms with Crippen LogP contribution in [0.15, 0.2) is 36.4 Å². The van der Waals surface area contributed by atoms with Crippen molar-refractivity contribution in [3.63, 3.8) is 0 Å². The molecule has 0 unspecified atom stereocenters. The first-order valence-corrected chi connectivity index (χ1v) is 7.41. The van der Waals surface area contributed by atoms with E-state index >= 15 is 0 Å². The molecule has 0 N–H and O–H groups in total. The number of benzene rings is 2. The van der Waals surface area contributed by atoms with Gasteiger partial charge in [0.2, 0.25) is 6.79 Å². The monoisotopic (exact) mass is 348 g/mol. The topological polar surface area (TPSA) is 81.9 Å². The summed E-state index contributed by atoms with van der Waals surface area (Å²) in [6.07, 6.45) is 0. The van der Waals surface area contributed by atoms with Gasteiger partial charge in [0.15, 0.2) is 11.5 Å². The molecular weight excluding hydrogens is 336 g/mol. The summed E-state index contributed by atoms with van der Waals surface area (Å²) < 4.78 is 10.5. The van der Waals surface area contributed by atoms with Crippen molar-refractivity contribution in [2.75, 3.05) is 13.8 Å². The van der Waals surface area contributed by atoms with Crippen LogP contribution in [0, 0.1) is 10.1 Å². The summed E-state index contributed by atoms with van der Waals surface area (Å²) in [6.45, 7) is 0.278. The molecule has 8 heteroatoms. The molecule has 1 heterocycles. The van der Waals surface area contributed by atoms with Gasteiger partial charge in [0.25, 0.3) is 11.6 Å². The molecule has 1 aliphatic rings. The van der Waals surface area contributed by atoms with Gasteiger partial charge < -0.3 is 14.4 Å². The highest BCUT2D eigenvalue weighted by Crippen LogP contribution is 2.33. The molecular formula is C16H13ClN2O5. The average Bonchev–Trinajstić information content (AvgIpc) is 3.03. The van der Waals surface area contributed by atoms with E-state index in [-0.39, 0.29) is 24.9 Å².